The number of aliphatic carboxylic acids is 1. The van der Waals surface area contributed by atoms with E-state index in [0.29, 0.717) is 28.5 Å². The SMILES string of the molecule is COc1ccc2c(c1)c(C=O)cn2CC(=O)N1C[C@H](F)C[C@H]1C(=O)O. The van der Waals surface area contributed by atoms with Gasteiger partial charge in [-0.3, -0.25) is 9.59 Å². The van der Waals surface area contributed by atoms with Crippen molar-refractivity contribution in [1.82, 2.24) is 9.47 Å². The molecule has 1 N–H and O–H groups in total. The monoisotopic (exact) mass is 348 g/mol. The van der Waals surface area contributed by atoms with E-state index in [1.807, 2.05) is 0 Å². The number of amides is 1. The molecule has 2 aromatic rings. The van der Waals surface area contributed by atoms with Crippen LogP contribution in [0.4, 0.5) is 4.39 Å². The maximum Gasteiger partial charge on any atom is 0.326 e. The van der Waals surface area contributed by atoms with Crippen LogP contribution in [0.3, 0.4) is 0 Å². The van der Waals surface area contributed by atoms with Crippen LogP contribution in [0.5, 0.6) is 5.75 Å². The fourth-order valence-electron chi connectivity index (χ4n) is 3.19. The Kier molecular flexibility index (Phi) is 4.43. The Morgan fingerprint density at radius 2 is 2.20 bits per heavy atom. The van der Waals surface area contributed by atoms with Gasteiger partial charge in [0.15, 0.2) is 6.29 Å². The Morgan fingerprint density at radius 1 is 1.44 bits per heavy atom. The van der Waals surface area contributed by atoms with Gasteiger partial charge in [0.25, 0.3) is 0 Å². The van der Waals surface area contributed by atoms with E-state index in [2.05, 4.69) is 0 Å². The van der Waals surface area contributed by atoms with Gasteiger partial charge in [-0.05, 0) is 18.2 Å². The van der Waals surface area contributed by atoms with Crippen LogP contribution >= 0.6 is 0 Å². The summed E-state index contributed by atoms with van der Waals surface area (Å²) in [5, 5.41) is 9.79. The molecule has 1 aromatic heterocycles. The molecule has 2 heterocycles. The number of ether oxygens (including phenoxy) is 1. The number of halogens is 1. The number of methoxy groups -OCH3 is 1. The molecule has 0 radical (unpaired) electrons. The zero-order chi connectivity index (χ0) is 18.1. The van der Waals surface area contributed by atoms with Crippen LogP contribution in [0, 0.1) is 0 Å². The normalized spacial score (nSPS) is 20.0. The third-order valence-corrected chi connectivity index (χ3v) is 4.41. The minimum absolute atomic E-state index is 0.173. The highest BCUT2D eigenvalue weighted by molar-refractivity contribution is 5.99. The number of alkyl halides is 1. The molecule has 7 nitrogen and oxygen atoms in total. The molecule has 1 amide bonds. The smallest absolute Gasteiger partial charge is 0.326 e. The average molecular weight is 348 g/mol. The molecule has 3 rings (SSSR count). The van der Waals surface area contributed by atoms with Gasteiger partial charge in [0.1, 0.15) is 24.5 Å². The van der Waals surface area contributed by atoms with Crippen molar-refractivity contribution in [1.29, 1.82) is 0 Å². The van der Waals surface area contributed by atoms with Crippen molar-refractivity contribution in [3.05, 3.63) is 30.0 Å². The Hall–Kier alpha value is -2.90. The number of nitrogens with zero attached hydrogens (tertiary/aromatic N) is 2. The van der Waals surface area contributed by atoms with Crippen molar-refractivity contribution in [2.45, 2.75) is 25.2 Å². The molecule has 132 valence electrons. The number of fused-ring (bicyclic) bond motifs is 1. The number of benzene rings is 1. The van der Waals surface area contributed by atoms with Gasteiger partial charge >= 0.3 is 5.97 Å². The minimum atomic E-state index is -1.35. The van der Waals surface area contributed by atoms with E-state index < -0.39 is 24.1 Å². The Balaban J connectivity index is 1.91. The summed E-state index contributed by atoms with van der Waals surface area (Å²) < 4.78 is 20.3. The molecule has 2 atom stereocenters. The van der Waals surface area contributed by atoms with Crippen molar-refractivity contribution in [2.24, 2.45) is 0 Å². The van der Waals surface area contributed by atoms with E-state index in [1.165, 1.54) is 13.3 Å². The molecular formula is C17H17FN2O5. The van der Waals surface area contributed by atoms with Crippen LogP contribution in [0.15, 0.2) is 24.4 Å². The summed E-state index contributed by atoms with van der Waals surface area (Å²) in [6.45, 7) is -0.406. The Bertz CT molecular complexity index is 847. The van der Waals surface area contributed by atoms with Crippen LogP contribution < -0.4 is 4.74 Å². The molecule has 25 heavy (non-hydrogen) atoms. The molecule has 1 aromatic carbocycles. The molecule has 1 aliphatic heterocycles. The number of likely N-dealkylation sites (tertiary alicyclic amines) is 1. The molecule has 0 bridgehead atoms. The first-order valence-electron chi connectivity index (χ1n) is 7.73. The summed E-state index contributed by atoms with van der Waals surface area (Å²) in [5.41, 5.74) is 1.03. The number of aldehydes is 1. The van der Waals surface area contributed by atoms with Crippen LogP contribution in [0.2, 0.25) is 0 Å². The summed E-state index contributed by atoms with van der Waals surface area (Å²) in [6, 6.07) is 3.94. The first-order chi connectivity index (χ1) is 11.9. The highest BCUT2D eigenvalue weighted by Crippen LogP contribution is 2.26. The van der Waals surface area contributed by atoms with Crippen LogP contribution in [-0.4, -0.2) is 58.6 Å². The van der Waals surface area contributed by atoms with Gasteiger partial charge in [0, 0.05) is 29.1 Å². The first-order valence-corrected chi connectivity index (χ1v) is 7.73. The van der Waals surface area contributed by atoms with Crippen LogP contribution in [0.25, 0.3) is 10.9 Å². The van der Waals surface area contributed by atoms with Gasteiger partial charge in [-0.15, -0.1) is 0 Å². The zero-order valence-corrected chi connectivity index (χ0v) is 13.5. The second kappa shape index (κ2) is 6.54. The number of carboxylic acids is 1. The fourth-order valence-corrected chi connectivity index (χ4v) is 3.19. The highest BCUT2D eigenvalue weighted by atomic mass is 19.1. The van der Waals surface area contributed by atoms with E-state index in [-0.39, 0.29) is 19.5 Å². The first kappa shape index (κ1) is 16.9. The highest BCUT2D eigenvalue weighted by Gasteiger charge is 2.39. The molecule has 8 heteroatoms. The van der Waals surface area contributed by atoms with Crippen molar-refractivity contribution in [2.75, 3.05) is 13.7 Å². The number of hydrogen-bond acceptors (Lipinski definition) is 4. The topological polar surface area (TPSA) is 88.8 Å². The molecule has 1 aliphatic rings. The van der Waals surface area contributed by atoms with Crippen molar-refractivity contribution < 1.29 is 28.6 Å². The van der Waals surface area contributed by atoms with E-state index in [9.17, 15) is 18.8 Å². The summed E-state index contributed by atoms with van der Waals surface area (Å²) in [6.07, 6.45) is 0.648. The van der Waals surface area contributed by atoms with E-state index in [4.69, 9.17) is 9.84 Å². The van der Waals surface area contributed by atoms with Gasteiger partial charge in [0.2, 0.25) is 5.91 Å². The number of hydrogen-bond donors (Lipinski definition) is 1. The molecule has 1 saturated heterocycles. The van der Waals surface area contributed by atoms with Gasteiger partial charge in [-0.25, -0.2) is 9.18 Å². The summed E-state index contributed by atoms with van der Waals surface area (Å²) in [4.78, 5) is 36.0. The zero-order valence-electron chi connectivity index (χ0n) is 13.5. The standard InChI is InChI=1S/C17H17FN2O5/c1-25-12-2-3-14-13(5-12)10(9-21)6-19(14)8-16(22)20-7-11(18)4-15(20)17(23)24/h2-3,5-6,9,11,15H,4,7-8H2,1H3,(H,23,24)/t11-,15+/m1/s1. The fraction of sp³-hybridized carbons (Fsp3) is 0.353. The molecule has 0 unspecified atom stereocenters. The third kappa shape index (κ3) is 3.07. The molecular weight excluding hydrogens is 331 g/mol. The number of aromatic nitrogens is 1. The predicted molar refractivity (Wildman–Crippen MR) is 86.5 cm³/mol. The maximum absolute atomic E-state index is 13.6. The maximum atomic E-state index is 13.6. The number of carbonyl (C=O) groups excluding carboxylic acids is 2. The Labute approximate surface area is 142 Å². The molecule has 1 fully saturated rings. The van der Waals surface area contributed by atoms with Crippen molar-refractivity contribution >= 4 is 29.1 Å². The van der Waals surface area contributed by atoms with Crippen molar-refractivity contribution in [3.63, 3.8) is 0 Å². The van der Waals surface area contributed by atoms with Gasteiger partial charge < -0.3 is 19.3 Å². The Morgan fingerprint density at radius 3 is 2.84 bits per heavy atom. The lowest BCUT2D eigenvalue weighted by Gasteiger charge is -2.21. The van der Waals surface area contributed by atoms with Crippen molar-refractivity contribution in [3.8, 4) is 5.75 Å². The molecule has 0 saturated carbocycles. The summed E-state index contributed by atoms with van der Waals surface area (Å²) >= 11 is 0. The third-order valence-electron chi connectivity index (χ3n) is 4.41. The number of carbonyl (C=O) groups is 3. The van der Waals surface area contributed by atoms with E-state index in [1.54, 1.807) is 22.8 Å². The molecule has 0 spiro atoms. The van der Waals surface area contributed by atoms with E-state index >= 15 is 0 Å². The number of rotatable bonds is 5. The lowest BCUT2D eigenvalue weighted by molar-refractivity contribution is -0.148. The average Bonchev–Trinajstić information content (AvgIpc) is 3.15. The predicted octanol–water partition coefficient (Wildman–Crippen LogP) is 1.49. The van der Waals surface area contributed by atoms with Gasteiger partial charge in [-0.2, -0.15) is 0 Å². The summed E-state index contributed by atoms with van der Waals surface area (Å²) in [5.74, 6) is -1.15. The lowest BCUT2D eigenvalue weighted by atomic mass is 10.2. The van der Waals surface area contributed by atoms with Gasteiger partial charge in [-0.1, -0.05) is 0 Å². The quantitative estimate of drug-likeness (QED) is 0.827. The largest absolute Gasteiger partial charge is 0.497 e. The summed E-state index contributed by atoms with van der Waals surface area (Å²) in [7, 11) is 1.51. The second-order valence-corrected chi connectivity index (χ2v) is 5.95. The van der Waals surface area contributed by atoms with Crippen LogP contribution in [0.1, 0.15) is 16.8 Å². The van der Waals surface area contributed by atoms with E-state index in [0.717, 1.165) is 4.90 Å². The minimum Gasteiger partial charge on any atom is -0.497 e. The van der Waals surface area contributed by atoms with Gasteiger partial charge in [0.05, 0.1) is 13.7 Å². The lowest BCUT2D eigenvalue weighted by Crippen LogP contribution is -2.42. The molecule has 0 aliphatic carbocycles. The number of carboxylic acid groups (broad SMARTS) is 1. The second-order valence-electron chi connectivity index (χ2n) is 5.95. The van der Waals surface area contributed by atoms with Crippen LogP contribution in [-0.2, 0) is 16.1 Å².